The summed E-state index contributed by atoms with van der Waals surface area (Å²) in [7, 11) is 2.03. The van der Waals surface area contributed by atoms with E-state index in [9.17, 15) is 0 Å². The zero-order chi connectivity index (χ0) is 17.2. The maximum absolute atomic E-state index is 6.05. The minimum atomic E-state index is 0.453. The van der Waals surface area contributed by atoms with Gasteiger partial charge in [0.05, 0.1) is 18.0 Å². The molecule has 0 unspecified atom stereocenters. The fourth-order valence-electron chi connectivity index (χ4n) is 3.90. The quantitative estimate of drug-likeness (QED) is 0.777. The Morgan fingerprint density at radius 3 is 2.76 bits per heavy atom. The van der Waals surface area contributed by atoms with Crippen molar-refractivity contribution in [3.8, 4) is 0 Å². The van der Waals surface area contributed by atoms with Crippen molar-refractivity contribution in [1.82, 2.24) is 19.7 Å². The van der Waals surface area contributed by atoms with Gasteiger partial charge in [-0.15, -0.1) is 0 Å². The number of likely N-dealkylation sites (tertiary alicyclic amines) is 1. The molecule has 134 valence electrons. The third kappa shape index (κ3) is 4.10. The predicted molar refractivity (Wildman–Crippen MR) is 97.2 cm³/mol. The summed E-state index contributed by atoms with van der Waals surface area (Å²) in [5.74, 6) is 1.79. The fourth-order valence-corrected chi connectivity index (χ4v) is 3.90. The van der Waals surface area contributed by atoms with Gasteiger partial charge < -0.3 is 4.74 Å². The molecule has 1 saturated carbocycles. The van der Waals surface area contributed by atoms with Crippen LogP contribution >= 0.6 is 0 Å². The van der Waals surface area contributed by atoms with E-state index in [0.29, 0.717) is 11.8 Å². The van der Waals surface area contributed by atoms with Crippen LogP contribution in [0, 0.1) is 18.8 Å². The van der Waals surface area contributed by atoms with Gasteiger partial charge in [0.15, 0.2) is 0 Å². The molecular weight excluding hydrogens is 312 g/mol. The molecule has 0 spiro atoms. The minimum Gasteiger partial charge on any atom is -0.381 e. The summed E-state index contributed by atoms with van der Waals surface area (Å²) >= 11 is 0. The summed E-state index contributed by atoms with van der Waals surface area (Å²) in [6.07, 6.45) is 4.60. The second-order valence-electron chi connectivity index (χ2n) is 7.70. The molecule has 2 aliphatic rings. The van der Waals surface area contributed by atoms with Crippen LogP contribution in [0.5, 0.6) is 0 Å². The molecule has 1 aliphatic carbocycles. The summed E-state index contributed by atoms with van der Waals surface area (Å²) in [4.78, 5) is 7.16. The van der Waals surface area contributed by atoms with E-state index in [1.807, 2.05) is 24.0 Å². The number of hydrogen-bond acceptors (Lipinski definition) is 4. The molecule has 2 aromatic rings. The minimum absolute atomic E-state index is 0.453. The first-order valence-corrected chi connectivity index (χ1v) is 9.39. The lowest BCUT2D eigenvalue weighted by atomic mass is 9.93. The highest BCUT2D eigenvalue weighted by Crippen LogP contribution is 2.34. The van der Waals surface area contributed by atoms with Crippen LogP contribution in [0.3, 0.4) is 0 Å². The predicted octanol–water partition coefficient (Wildman–Crippen LogP) is 2.77. The second-order valence-corrected chi connectivity index (χ2v) is 7.70. The number of ether oxygens (including phenoxy) is 1. The summed E-state index contributed by atoms with van der Waals surface area (Å²) in [6.45, 7) is 6.89. The number of nitrogens with zero attached hydrogens (tertiary/aromatic N) is 4. The molecule has 5 nitrogen and oxygen atoms in total. The van der Waals surface area contributed by atoms with Gasteiger partial charge >= 0.3 is 0 Å². The molecule has 1 aliphatic heterocycles. The molecular formula is C20H28N4O. The van der Waals surface area contributed by atoms with Crippen LogP contribution in [0.2, 0.25) is 0 Å². The fraction of sp³-hybridized carbons (Fsp3) is 0.600. The van der Waals surface area contributed by atoms with Gasteiger partial charge in [-0.3, -0.25) is 14.6 Å². The van der Waals surface area contributed by atoms with E-state index < -0.39 is 0 Å². The number of rotatable bonds is 7. The third-order valence-electron chi connectivity index (χ3n) is 5.45. The maximum atomic E-state index is 6.05. The Morgan fingerprint density at radius 1 is 1.20 bits per heavy atom. The monoisotopic (exact) mass is 340 g/mol. The highest BCUT2D eigenvalue weighted by molar-refractivity contribution is 5.15. The third-order valence-corrected chi connectivity index (χ3v) is 5.45. The molecule has 0 aromatic carbocycles. The zero-order valence-electron chi connectivity index (χ0n) is 15.3. The molecule has 0 amide bonds. The van der Waals surface area contributed by atoms with Gasteiger partial charge in [0.2, 0.25) is 0 Å². The van der Waals surface area contributed by atoms with Crippen molar-refractivity contribution in [2.45, 2.75) is 32.2 Å². The van der Waals surface area contributed by atoms with Crippen LogP contribution in [0.4, 0.5) is 0 Å². The zero-order valence-corrected chi connectivity index (χ0v) is 15.3. The molecule has 3 heterocycles. The summed E-state index contributed by atoms with van der Waals surface area (Å²) < 4.78 is 8.05. The Morgan fingerprint density at radius 2 is 2.08 bits per heavy atom. The van der Waals surface area contributed by atoms with Crippen molar-refractivity contribution >= 4 is 0 Å². The smallest absolute Gasteiger partial charge is 0.0597 e. The van der Waals surface area contributed by atoms with Crippen LogP contribution in [0.15, 0.2) is 30.5 Å². The number of aromatic nitrogens is 3. The summed E-state index contributed by atoms with van der Waals surface area (Å²) in [5, 5.41) is 4.48. The standard InChI is InChI=1S/C20H28N4O/c1-15-9-18(23(2)22-15)11-24-10-17(14-25-13-16-6-7-16)19(12-24)20-5-3-4-8-21-20/h3-5,8-9,16-17,19H,6-7,10-14H2,1-2H3/t17-,19+/m0/s1. The van der Waals surface area contributed by atoms with Crippen LogP contribution in [0.1, 0.15) is 35.8 Å². The SMILES string of the molecule is Cc1cc(CN2C[C@@H](COCC3CC3)[C@H](c3ccccn3)C2)n(C)n1. The Hall–Kier alpha value is -1.72. The Balaban J connectivity index is 1.44. The Labute approximate surface area is 150 Å². The van der Waals surface area contributed by atoms with Gasteiger partial charge in [-0.05, 0) is 43.9 Å². The van der Waals surface area contributed by atoms with Crippen molar-refractivity contribution in [3.05, 3.63) is 47.5 Å². The molecule has 25 heavy (non-hydrogen) atoms. The van der Waals surface area contributed by atoms with Crippen LogP contribution in [-0.2, 0) is 18.3 Å². The summed E-state index contributed by atoms with van der Waals surface area (Å²) in [6, 6.07) is 8.44. The number of pyridine rings is 1. The first-order chi connectivity index (χ1) is 12.2. The van der Waals surface area contributed by atoms with Crippen LogP contribution in [0.25, 0.3) is 0 Å². The lowest BCUT2D eigenvalue weighted by Crippen LogP contribution is -2.23. The highest BCUT2D eigenvalue weighted by Gasteiger charge is 2.35. The van der Waals surface area contributed by atoms with E-state index in [1.165, 1.54) is 24.2 Å². The van der Waals surface area contributed by atoms with E-state index >= 15 is 0 Å². The van der Waals surface area contributed by atoms with Crippen molar-refractivity contribution < 1.29 is 4.74 Å². The first-order valence-electron chi connectivity index (χ1n) is 9.39. The molecule has 5 heteroatoms. The maximum Gasteiger partial charge on any atom is 0.0597 e. The lowest BCUT2D eigenvalue weighted by molar-refractivity contribution is 0.0883. The molecule has 1 saturated heterocycles. The average molecular weight is 340 g/mol. The average Bonchev–Trinajstić information content (AvgIpc) is 3.26. The van der Waals surface area contributed by atoms with Gasteiger partial charge in [-0.2, -0.15) is 5.10 Å². The topological polar surface area (TPSA) is 43.2 Å². The van der Waals surface area contributed by atoms with Gasteiger partial charge in [0.25, 0.3) is 0 Å². The van der Waals surface area contributed by atoms with Crippen molar-refractivity contribution in [2.75, 3.05) is 26.3 Å². The normalized spacial score (nSPS) is 24.1. The second kappa shape index (κ2) is 7.26. The highest BCUT2D eigenvalue weighted by atomic mass is 16.5. The molecule has 2 fully saturated rings. The molecule has 2 atom stereocenters. The largest absolute Gasteiger partial charge is 0.381 e. The van der Waals surface area contributed by atoms with Crippen LogP contribution in [-0.4, -0.2) is 46.0 Å². The number of hydrogen-bond donors (Lipinski definition) is 0. The molecule has 0 bridgehead atoms. The van der Waals surface area contributed by atoms with Gasteiger partial charge in [-0.25, -0.2) is 0 Å². The van der Waals surface area contributed by atoms with E-state index in [2.05, 4.69) is 40.1 Å². The summed E-state index contributed by atoms with van der Waals surface area (Å²) in [5.41, 5.74) is 3.56. The van der Waals surface area contributed by atoms with Crippen molar-refractivity contribution in [2.24, 2.45) is 18.9 Å². The molecule has 2 aromatic heterocycles. The molecule has 4 rings (SSSR count). The van der Waals surface area contributed by atoms with Crippen molar-refractivity contribution in [3.63, 3.8) is 0 Å². The molecule has 0 N–H and O–H groups in total. The molecule has 0 radical (unpaired) electrons. The van der Waals surface area contributed by atoms with E-state index in [0.717, 1.165) is 44.5 Å². The number of aryl methyl sites for hydroxylation is 2. The van der Waals surface area contributed by atoms with Crippen molar-refractivity contribution in [1.29, 1.82) is 0 Å². The van der Waals surface area contributed by atoms with Crippen LogP contribution < -0.4 is 0 Å². The van der Waals surface area contributed by atoms with Gasteiger partial charge in [-0.1, -0.05) is 6.07 Å². The Kier molecular flexibility index (Phi) is 4.86. The van der Waals surface area contributed by atoms with E-state index in [-0.39, 0.29) is 0 Å². The van der Waals surface area contributed by atoms with Gasteiger partial charge in [0.1, 0.15) is 0 Å². The van der Waals surface area contributed by atoms with E-state index in [1.54, 1.807) is 0 Å². The lowest BCUT2D eigenvalue weighted by Gasteiger charge is -2.17. The first kappa shape index (κ1) is 16.7. The van der Waals surface area contributed by atoms with E-state index in [4.69, 9.17) is 4.74 Å². The Bertz CT molecular complexity index is 695. The van der Waals surface area contributed by atoms with Gasteiger partial charge in [0, 0.05) is 57.0 Å².